The van der Waals surface area contributed by atoms with Gasteiger partial charge in [-0.05, 0) is 5.56 Å². The zero-order valence-electron chi connectivity index (χ0n) is 13.0. The summed E-state index contributed by atoms with van der Waals surface area (Å²) in [6, 6.07) is 6.39. The SMILES string of the molecule is C#CCNC(=O)c1cnn2c1NC(c1ccccc1)CC2C(F)(F)F. The molecule has 2 N–H and O–H groups in total. The zero-order chi connectivity index (χ0) is 18.0. The van der Waals surface area contributed by atoms with E-state index < -0.39 is 24.2 Å². The highest BCUT2D eigenvalue weighted by atomic mass is 19.4. The Kier molecular flexibility index (Phi) is 4.40. The fraction of sp³-hybridized carbons (Fsp3) is 0.294. The highest BCUT2D eigenvalue weighted by molar-refractivity contribution is 5.99. The number of carbonyl (C=O) groups excluding carboxylic acids is 1. The lowest BCUT2D eigenvalue weighted by atomic mass is 9.96. The van der Waals surface area contributed by atoms with Crippen LogP contribution < -0.4 is 10.6 Å². The molecule has 2 aromatic rings. The molecular formula is C17H15F3N4O. The van der Waals surface area contributed by atoms with Crippen molar-refractivity contribution in [3.63, 3.8) is 0 Å². The molecule has 0 saturated heterocycles. The van der Waals surface area contributed by atoms with Crippen LogP contribution in [0.25, 0.3) is 0 Å². The monoisotopic (exact) mass is 348 g/mol. The summed E-state index contributed by atoms with van der Waals surface area (Å²) < 4.78 is 41.3. The van der Waals surface area contributed by atoms with Crippen LogP contribution in [0, 0.1) is 12.3 Å². The maximum Gasteiger partial charge on any atom is 0.410 e. The Morgan fingerprint density at radius 1 is 1.40 bits per heavy atom. The van der Waals surface area contributed by atoms with E-state index in [1.54, 1.807) is 30.3 Å². The molecule has 0 fully saturated rings. The fourth-order valence-corrected chi connectivity index (χ4v) is 2.86. The minimum atomic E-state index is -4.48. The van der Waals surface area contributed by atoms with E-state index in [1.807, 2.05) is 0 Å². The number of aromatic nitrogens is 2. The van der Waals surface area contributed by atoms with Gasteiger partial charge in [-0.1, -0.05) is 36.3 Å². The van der Waals surface area contributed by atoms with Crippen molar-refractivity contribution in [2.75, 3.05) is 11.9 Å². The predicted molar refractivity (Wildman–Crippen MR) is 85.9 cm³/mol. The Morgan fingerprint density at radius 2 is 2.12 bits per heavy atom. The van der Waals surface area contributed by atoms with Gasteiger partial charge in [0, 0.05) is 6.42 Å². The van der Waals surface area contributed by atoms with E-state index in [-0.39, 0.29) is 24.3 Å². The standard InChI is InChI=1S/C17H15F3N4O/c1-2-8-21-16(25)12-10-22-24-14(17(18,19)20)9-13(23-15(12)24)11-6-4-3-5-7-11/h1,3-7,10,13-14,23H,8-9H2,(H,21,25). The minimum absolute atomic E-state index is 0.0196. The summed E-state index contributed by atoms with van der Waals surface area (Å²) in [5.74, 6) is 1.72. The maximum atomic E-state index is 13.5. The van der Waals surface area contributed by atoms with E-state index in [4.69, 9.17) is 6.42 Å². The number of amides is 1. The number of halogens is 3. The second-order valence-corrected chi connectivity index (χ2v) is 5.64. The Balaban J connectivity index is 2.00. The number of hydrogen-bond acceptors (Lipinski definition) is 3. The van der Waals surface area contributed by atoms with Crippen LogP contribution in [0.1, 0.15) is 34.4 Å². The number of alkyl halides is 3. The van der Waals surface area contributed by atoms with E-state index in [0.29, 0.717) is 5.56 Å². The number of carbonyl (C=O) groups is 1. The van der Waals surface area contributed by atoms with Crippen molar-refractivity contribution in [3.05, 3.63) is 47.7 Å². The zero-order valence-corrected chi connectivity index (χ0v) is 13.0. The first-order valence-corrected chi connectivity index (χ1v) is 7.59. The number of benzene rings is 1. The van der Waals surface area contributed by atoms with E-state index in [9.17, 15) is 18.0 Å². The van der Waals surface area contributed by atoms with Crippen LogP contribution in [-0.4, -0.2) is 28.4 Å². The Hall–Kier alpha value is -2.95. The summed E-state index contributed by atoms with van der Waals surface area (Å²) in [4.78, 5) is 12.2. The van der Waals surface area contributed by atoms with Crippen molar-refractivity contribution >= 4 is 11.7 Å². The second-order valence-electron chi connectivity index (χ2n) is 5.64. The Labute approximate surface area is 142 Å². The van der Waals surface area contributed by atoms with Crippen LogP contribution in [0.15, 0.2) is 36.5 Å². The maximum absolute atomic E-state index is 13.5. The summed E-state index contributed by atoms with van der Waals surface area (Å²) in [6.07, 6.45) is 1.52. The minimum Gasteiger partial charge on any atom is -0.363 e. The first-order valence-electron chi connectivity index (χ1n) is 7.59. The van der Waals surface area contributed by atoms with Crippen LogP contribution in [0.5, 0.6) is 0 Å². The second kappa shape index (κ2) is 6.51. The lowest BCUT2D eigenvalue weighted by Crippen LogP contribution is -2.36. The molecule has 5 nitrogen and oxygen atoms in total. The van der Waals surface area contributed by atoms with Crippen molar-refractivity contribution in [3.8, 4) is 12.3 Å². The molecule has 3 rings (SSSR count). The highest BCUT2D eigenvalue weighted by Crippen LogP contribution is 2.44. The molecule has 1 aliphatic heterocycles. The third-order valence-corrected chi connectivity index (χ3v) is 4.04. The molecule has 25 heavy (non-hydrogen) atoms. The van der Waals surface area contributed by atoms with Gasteiger partial charge in [0.1, 0.15) is 11.4 Å². The molecule has 130 valence electrons. The van der Waals surface area contributed by atoms with Gasteiger partial charge >= 0.3 is 6.18 Å². The molecule has 2 unspecified atom stereocenters. The topological polar surface area (TPSA) is 59.0 Å². The van der Waals surface area contributed by atoms with Crippen molar-refractivity contribution in [1.29, 1.82) is 0 Å². The molecule has 1 aliphatic rings. The summed E-state index contributed by atoms with van der Waals surface area (Å²) >= 11 is 0. The molecule has 2 atom stereocenters. The van der Waals surface area contributed by atoms with Gasteiger partial charge < -0.3 is 10.6 Å². The van der Waals surface area contributed by atoms with Gasteiger partial charge in [-0.15, -0.1) is 6.42 Å². The number of fused-ring (bicyclic) bond motifs is 1. The van der Waals surface area contributed by atoms with Crippen molar-refractivity contribution in [2.24, 2.45) is 0 Å². The number of terminal acetylenes is 1. The highest BCUT2D eigenvalue weighted by Gasteiger charge is 2.47. The molecule has 0 aliphatic carbocycles. The molecule has 0 saturated carbocycles. The lowest BCUT2D eigenvalue weighted by Gasteiger charge is -2.34. The van der Waals surface area contributed by atoms with Gasteiger partial charge in [-0.25, -0.2) is 4.68 Å². The number of hydrogen-bond donors (Lipinski definition) is 2. The molecule has 1 aromatic carbocycles. The van der Waals surface area contributed by atoms with E-state index in [1.165, 1.54) is 0 Å². The van der Waals surface area contributed by atoms with Crippen molar-refractivity contribution in [2.45, 2.75) is 24.7 Å². The van der Waals surface area contributed by atoms with Gasteiger partial charge in [0.05, 0.1) is 18.8 Å². The van der Waals surface area contributed by atoms with Crippen LogP contribution >= 0.6 is 0 Å². The molecule has 1 amide bonds. The molecule has 0 bridgehead atoms. The van der Waals surface area contributed by atoms with Crippen LogP contribution in [0.4, 0.5) is 19.0 Å². The quantitative estimate of drug-likeness (QED) is 0.839. The van der Waals surface area contributed by atoms with Crippen LogP contribution in [0.3, 0.4) is 0 Å². The summed E-state index contributed by atoms with van der Waals surface area (Å²) in [5, 5.41) is 9.24. The molecule has 0 spiro atoms. The average Bonchev–Trinajstić information content (AvgIpc) is 3.02. The van der Waals surface area contributed by atoms with Gasteiger partial charge in [-0.3, -0.25) is 4.79 Å². The molecule has 0 radical (unpaired) electrons. The van der Waals surface area contributed by atoms with E-state index in [2.05, 4.69) is 21.7 Å². The smallest absolute Gasteiger partial charge is 0.363 e. The average molecular weight is 348 g/mol. The van der Waals surface area contributed by atoms with E-state index >= 15 is 0 Å². The Bertz CT molecular complexity index is 808. The summed E-state index contributed by atoms with van der Waals surface area (Å²) in [6.45, 7) is -0.0196. The number of nitrogens with one attached hydrogen (secondary N) is 2. The largest absolute Gasteiger partial charge is 0.410 e. The van der Waals surface area contributed by atoms with Crippen LogP contribution in [0.2, 0.25) is 0 Å². The number of nitrogens with zero attached hydrogens (tertiary/aromatic N) is 2. The summed E-state index contributed by atoms with van der Waals surface area (Å²) in [5.41, 5.74) is 0.740. The van der Waals surface area contributed by atoms with Crippen molar-refractivity contribution < 1.29 is 18.0 Å². The number of anilines is 1. The van der Waals surface area contributed by atoms with Gasteiger partial charge in [0.2, 0.25) is 0 Å². The summed E-state index contributed by atoms with van der Waals surface area (Å²) in [7, 11) is 0. The predicted octanol–water partition coefficient (Wildman–Crippen LogP) is 2.91. The van der Waals surface area contributed by atoms with Gasteiger partial charge in [0.25, 0.3) is 5.91 Å². The molecule has 2 heterocycles. The van der Waals surface area contributed by atoms with Crippen molar-refractivity contribution in [1.82, 2.24) is 15.1 Å². The third kappa shape index (κ3) is 3.31. The van der Waals surface area contributed by atoms with E-state index in [0.717, 1.165) is 10.9 Å². The molecular weight excluding hydrogens is 333 g/mol. The normalized spacial score (nSPS) is 19.4. The first-order chi connectivity index (χ1) is 11.9. The Morgan fingerprint density at radius 3 is 2.76 bits per heavy atom. The fourth-order valence-electron chi connectivity index (χ4n) is 2.86. The van der Waals surface area contributed by atoms with Gasteiger partial charge in [-0.2, -0.15) is 18.3 Å². The van der Waals surface area contributed by atoms with Gasteiger partial charge in [0.15, 0.2) is 6.04 Å². The van der Waals surface area contributed by atoms with Crippen LogP contribution in [-0.2, 0) is 0 Å². The number of rotatable bonds is 3. The molecule has 8 heteroatoms. The lowest BCUT2D eigenvalue weighted by molar-refractivity contribution is -0.173. The first kappa shape index (κ1) is 16.9. The molecule has 1 aromatic heterocycles. The third-order valence-electron chi connectivity index (χ3n) is 4.04.